The lowest BCUT2D eigenvalue weighted by Gasteiger charge is -2.32. The van der Waals surface area contributed by atoms with Gasteiger partial charge in [0.15, 0.2) is 0 Å². The number of nitrogens with one attached hydrogen (secondary N) is 1. The molecular formula is C15H20Cl2N2O. The first kappa shape index (κ1) is 15.6. The van der Waals surface area contributed by atoms with Gasteiger partial charge in [-0.25, -0.2) is 0 Å². The van der Waals surface area contributed by atoms with Crippen molar-refractivity contribution in [1.82, 2.24) is 10.2 Å². The number of nitrogens with zero attached hydrogens (tertiary/aromatic N) is 1. The monoisotopic (exact) mass is 314 g/mol. The smallest absolute Gasteiger partial charge is 0.229 e. The summed E-state index contributed by atoms with van der Waals surface area (Å²) in [7, 11) is 0. The molecule has 0 bridgehead atoms. The van der Waals surface area contributed by atoms with Crippen molar-refractivity contribution in [2.45, 2.75) is 25.8 Å². The van der Waals surface area contributed by atoms with Gasteiger partial charge in [0.1, 0.15) is 0 Å². The molecule has 2 aliphatic heterocycles. The second kappa shape index (κ2) is 6.33. The lowest BCUT2D eigenvalue weighted by Crippen LogP contribution is -2.42. The maximum atomic E-state index is 12.6. The molecule has 0 atom stereocenters. The predicted octanol–water partition coefficient (Wildman–Crippen LogP) is 2.86. The van der Waals surface area contributed by atoms with Gasteiger partial charge in [-0.1, -0.05) is 23.7 Å². The fourth-order valence-corrected chi connectivity index (χ4v) is 3.48. The van der Waals surface area contributed by atoms with E-state index >= 15 is 0 Å². The largest absolute Gasteiger partial charge is 0.338 e. The highest BCUT2D eigenvalue weighted by molar-refractivity contribution is 6.30. The van der Waals surface area contributed by atoms with Crippen LogP contribution in [0.3, 0.4) is 0 Å². The van der Waals surface area contributed by atoms with Gasteiger partial charge in [-0.2, -0.15) is 0 Å². The highest BCUT2D eigenvalue weighted by Crippen LogP contribution is 2.40. The van der Waals surface area contributed by atoms with E-state index in [1.165, 1.54) is 0 Å². The Hall–Kier alpha value is -0.770. The number of benzene rings is 1. The molecule has 5 heteroatoms. The Balaban J connectivity index is 0.00000147. The van der Waals surface area contributed by atoms with Crippen LogP contribution in [0.5, 0.6) is 0 Å². The molecule has 1 N–H and O–H groups in total. The standard InChI is InChI=1S/C15H19ClN2O.ClH/c16-13-3-1-2-12(10-13)11-18-9-6-15(14(18)19)4-7-17-8-5-15;/h1-3,10,17H,4-9,11H2;1H. The molecule has 0 aromatic heterocycles. The van der Waals surface area contributed by atoms with Crippen molar-refractivity contribution in [2.75, 3.05) is 19.6 Å². The topological polar surface area (TPSA) is 32.3 Å². The van der Waals surface area contributed by atoms with E-state index in [0.717, 1.165) is 49.5 Å². The van der Waals surface area contributed by atoms with Crippen LogP contribution in [0.4, 0.5) is 0 Å². The molecule has 2 fully saturated rings. The number of hydrogen-bond donors (Lipinski definition) is 1. The average Bonchev–Trinajstić information content (AvgIpc) is 2.70. The Labute approximate surface area is 131 Å². The van der Waals surface area contributed by atoms with Crippen LogP contribution in [0, 0.1) is 5.41 Å². The van der Waals surface area contributed by atoms with E-state index < -0.39 is 0 Å². The highest BCUT2D eigenvalue weighted by Gasteiger charge is 2.46. The lowest BCUT2D eigenvalue weighted by molar-refractivity contribution is -0.137. The first-order valence-electron chi connectivity index (χ1n) is 6.94. The number of hydrogen-bond acceptors (Lipinski definition) is 2. The van der Waals surface area contributed by atoms with Crippen LogP contribution >= 0.6 is 24.0 Å². The SMILES string of the molecule is Cl.O=C1N(Cc2cccc(Cl)c2)CCC12CCNCC2. The fraction of sp³-hybridized carbons (Fsp3) is 0.533. The maximum absolute atomic E-state index is 12.6. The number of rotatable bonds is 2. The lowest BCUT2D eigenvalue weighted by atomic mass is 9.78. The molecule has 0 saturated carbocycles. The van der Waals surface area contributed by atoms with E-state index in [1.54, 1.807) is 0 Å². The van der Waals surface area contributed by atoms with E-state index in [1.807, 2.05) is 29.2 Å². The molecule has 3 rings (SSSR count). The van der Waals surface area contributed by atoms with Crippen LogP contribution in [-0.4, -0.2) is 30.4 Å². The Morgan fingerprint density at radius 2 is 2.00 bits per heavy atom. The third-order valence-electron chi connectivity index (χ3n) is 4.42. The zero-order valence-corrected chi connectivity index (χ0v) is 13.0. The Morgan fingerprint density at radius 1 is 1.25 bits per heavy atom. The van der Waals surface area contributed by atoms with Gasteiger partial charge >= 0.3 is 0 Å². The van der Waals surface area contributed by atoms with E-state index in [-0.39, 0.29) is 17.8 Å². The van der Waals surface area contributed by atoms with Gasteiger partial charge in [0.2, 0.25) is 5.91 Å². The summed E-state index contributed by atoms with van der Waals surface area (Å²) in [5, 5.41) is 4.08. The number of likely N-dealkylation sites (tertiary alicyclic amines) is 1. The first-order chi connectivity index (χ1) is 9.20. The average molecular weight is 315 g/mol. The van der Waals surface area contributed by atoms with Crippen molar-refractivity contribution in [3.8, 4) is 0 Å². The summed E-state index contributed by atoms with van der Waals surface area (Å²) in [6.45, 7) is 3.51. The molecule has 0 aliphatic carbocycles. The molecule has 1 amide bonds. The summed E-state index contributed by atoms with van der Waals surface area (Å²) in [5.41, 5.74) is 1.04. The van der Waals surface area contributed by atoms with Gasteiger partial charge in [-0.3, -0.25) is 4.79 Å². The van der Waals surface area contributed by atoms with E-state index in [0.29, 0.717) is 12.5 Å². The van der Waals surface area contributed by atoms with Gasteiger partial charge in [-0.15, -0.1) is 12.4 Å². The Bertz CT molecular complexity index is 487. The normalized spacial score (nSPS) is 21.1. The van der Waals surface area contributed by atoms with Crippen LogP contribution in [0.15, 0.2) is 24.3 Å². The summed E-state index contributed by atoms with van der Waals surface area (Å²) in [6.07, 6.45) is 2.98. The molecule has 0 radical (unpaired) electrons. The zero-order valence-electron chi connectivity index (χ0n) is 11.4. The van der Waals surface area contributed by atoms with Crippen molar-refractivity contribution < 1.29 is 4.79 Å². The van der Waals surface area contributed by atoms with Crippen LogP contribution in [0.1, 0.15) is 24.8 Å². The molecule has 2 saturated heterocycles. The van der Waals surface area contributed by atoms with E-state index in [4.69, 9.17) is 11.6 Å². The van der Waals surface area contributed by atoms with E-state index in [2.05, 4.69) is 5.32 Å². The minimum Gasteiger partial charge on any atom is -0.338 e. The van der Waals surface area contributed by atoms with Gasteiger partial charge < -0.3 is 10.2 Å². The van der Waals surface area contributed by atoms with Gasteiger partial charge in [0.25, 0.3) is 0 Å². The van der Waals surface area contributed by atoms with Gasteiger partial charge in [0, 0.05) is 18.1 Å². The molecule has 1 aromatic rings. The Morgan fingerprint density at radius 3 is 2.70 bits per heavy atom. The van der Waals surface area contributed by atoms with Crippen molar-refractivity contribution in [3.05, 3.63) is 34.9 Å². The summed E-state index contributed by atoms with van der Waals surface area (Å²) >= 11 is 6.00. The second-order valence-corrected chi connectivity index (χ2v) is 6.07. The third-order valence-corrected chi connectivity index (χ3v) is 4.66. The first-order valence-corrected chi connectivity index (χ1v) is 7.32. The maximum Gasteiger partial charge on any atom is 0.229 e. The quantitative estimate of drug-likeness (QED) is 0.910. The minimum atomic E-state index is -0.0795. The molecule has 2 heterocycles. The van der Waals surface area contributed by atoms with Crippen molar-refractivity contribution >= 4 is 29.9 Å². The summed E-state index contributed by atoms with van der Waals surface area (Å²) in [6, 6.07) is 7.79. The number of amides is 1. The van der Waals surface area contributed by atoms with Gasteiger partial charge in [-0.05, 0) is 50.0 Å². The molecule has 1 spiro atoms. The molecule has 2 aliphatic rings. The molecule has 3 nitrogen and oxygen atoms in total. The minimum absolute atomic E-state index is 0. The van der Waals surface area contributed by atoms with Crippen molar-refractivity contribution in [2.24, 2.45) is 5.41 Å². The van der Waals surface area contributed by atoms with Crippen LogP contribution < -0.4 is 5.32 Å². The molecule has 0 unspecified atom stereocenters. The van der Waals surface area contributed by atoms with Crippen LogP contribution in [-0.2, 0) is 11.3 Å². The number of carbonyl (C=O) groups excluding carboxylic acids is 1. The zero-order chi connectivity index (χ0) is 13.3. The molecule has 20 heavy (non-hydrogen) atoms. The van der Waals surface area contributed by atoms with Crippen LogP contribution in [0.2, 0.25) is 5.02 Å². The fourth-order valence-electron chi connectivity index (χ4n) is 3.27. The second-order valence-electron chi connectivity index (χ2n) is 5.64. The number of halogens is 2. The molecular weight excluding hydrogens is 295 g/mol. The summed E-state index contributed by atoms with van der Waals surface area (Å²) < 4.78 is 0. The Kier molecular flexibility index (Phi) is 4.95. The number of piperidine rings is 1. The van der Waals surface area contributed by atoms with Crippen LogP contribution in [0.25, 0.3) is 0 Å². The van der Waals surface area contributed by atoms with Crippen molar-refractivity contribution in [3.63, 3.8) is 0 Å². The van der Waals surface area contributed by atoms with Gasteiger partial charge in [0.05, 0.1) is 5.41 Å². The van der Waals surface area contributed by atoms with E-state index in [9.17, 15) is 4.79 Å². The summed E-state index contributed by atoms with van der Waals surface area (Å²) in [4.78, 5) is 14.6. The van der Waals surface area contributed by atoms with Crippen molar-refractivity contribution in [1.29, 1.82) is 0 Å². The third kappa shape index (κ3) is 2.95. The highest BCUT2D eigenvalue weighted by atomic mass is 35.5. The predicted molar refractivity (Wildman–Crippen MR) is 83.3 cm³/mol. The number of carbonyl (C=O) groups is 1. The summed E-state index contributed by atoms with van der Waals surface area (Å²) in [5.74, 6) is 0.342. The molecule has 1 aromatic carbocycles. The molecule has 110 valence electrons.